The van der Waals surface area contributed by atoms with E-state index in [0.29, 0.717) is 5.70 Å². The van der Waals surface area contributed by atoms with Crippen molar-refractivity contribution in [1.82, 2.24) is 10.3 Å². The van der Waals surface area contributed by atoms with Gasteiger partial charge in [-0.05, 0) is 50.1 Å². The molecule has 39 heavy (non-hydrogen) atoms. The average Bonchev–Trinajstić information content (AvgIpc) is 2.83. The first kappa shape index (κ1) is 29.5. The van der Waals surface area contributed by atoms with Crippen molar-refractivity contribution in [2.24, 2.45) is 5.92 Å². The Morgan fingerprint density at radius 3 is 2.13 bits per heavy atom. The number of carbonyl (C=O) groups excluding carboxylic acids is 1. The molecule has 5 nitrogen and oxygen atoms in total. The van der Waals surface area contributed by atoms with E-state index >= 15 is 4.39 Å². The molecular formula is C28H27F6N3O2. The van der Waals surface area contributed by atoms with Crippen LogP contribution in [0.3, 0.4) is 0 Å². The molecule has 1 heterocycles. The van der Waals surface area contributed by atoms with Gasteiger partial charge in [0.25, 0.3) is 5.91 Å². The molecule has 1 aromatic heterocycles. The number of halogens is 6. The second-order valence-corrected chi connectivity index (χ2v) is 9.10. The first-order valence-electron chi connectivity index (χ1n) is 11.9. The summed E-state index contributed by atoms with van der Waals surface area (Å²) in [5, 5.41) is 5.45. The van der Waals surface area contributed by atoms with Crippen LogP contribution in [0.4, 0.5) is 32.0 Å². The summed E-state index contributed by atoms with van der Waals surface area (Å²) < 4.78 is 88.3. The monoisotopic (exact) mass is 551 g/mol. The molecule has 1 unspecified atom stereocenters. The molecule has 0 aliphatic carbocycles. The fourth-order valence-electron chi connectivity index (χ4n) is 4.16. The molecule has 208 valence electrons. The Morgan fingerprint density at radius 2 is 1.56 bits per heavy atom. The van der Waals surface area contributed by atoms with Crippen LogP contribution in [-0.2, 0) is 11.0 Å². The van der Waals surface area contributed by atoms with Crippen LogP contribution in [0.15, 0.2) is 59.8 Å². The molecule has 2 aromatic carbocycles. The number of aromatic nitrogens is 1. The van der Waals surface area contributed by atoms with E-state index in [-0.39, 0.29) is 34.3 Å². The largest absolute Gasteiger partial charge is 0.494 e. The van der Waals surface area contributed by atoms with Gasteiger partial charge >= 0.3 is 6.18 Å². The maximum atomic E-state index is 15.0. The normalized spacial score (nSPS) is 13.1. The van der Waals surface area contributed by atoms with E-state index in [4.69, 9.17) is 4.74 Å². The molecule has 0 spiro atoms. The van der Waals surface area contributed by atoms with Crippen molar-refractivity contribution < 1.29 is 35.9 Å². The molecule has 0 radical (unpaired) electrons. The predicted molar refractivity (Wildman–Crippen MR) is 135 cm³/mol. The zero-order valence-electron chi connectivity index (χ0n) is 21.8. The summed E-state index contributed by atoms with van der Waals surface area (Å²) in [6.45, 7) is 6.51. The number of anilines is 1. The highest BCUT2D eigenvalue weighted by molar-refractivity contribution is 6.04. The number of nitrogens with one attached hydrogen (secondary N) is 2. The van der Waals surface area contributed by atoms with Gasteiger partial charge in [-0.3, -0.25) is 4.79 Å². The van der Waals surface area contributed by atoms with Gasteiger partial charge in [-0.1, -0.05) is 26.0 Å². The van der Waals surface area contributed by atoms with Crippen LogP contribution in [0.1, 0.15) is 45.0 Å². The summed E-state index contributed by atoms with van der Waals surface area (Å²) in [6, 6.07) is 7.55. The Bertz CT molecular complexity index is 1380. The van der Waals surface area contributed by atoms with Crippen LogP contribution in [-0.4, -0.2) is 18.0 Å². The van der Waals surface area contributed by atoms with Crippen molar-refractivity contribution in [1.29, 1.82) is 0 Å². The highest BCUT2D eigenvalue weighted by Crippen LogP contribution is 2.35. The number of pyridine rings is 1. The third-order valence-corrected chi connectivity index (χ3v) is 5.90. The van der Waals surface area contributed by atoms with Crippen molar-refractivity contribution in [3.8, 4) is 17.0 Å². The lowest BCUT2D eigenvalue weighted by molar-refractivity contribution is -0.137. The van der Waals surface area contributed by atoms with Crippen LogP contribution in [0.25, 0.3) is 11.3 Å². The molecule has 0 bridgehead atoms. The molecule has 1 atom stereocenters. The third-order valence-electron chi connectivity index (χ3n) is 5.90. The summed E-state index contributed by atoms with van der Waals surface area (Å²) in [6.07, 6.45) is -4.58. The lowest BCUT2D eigenvalue weighted by Gasteiger charge is -2.22. The molecule has 0 fully saturated rings. The van der Waals surface area contributed by atoms with E-state index < -0.39 is 46.7 Å². The van der Waals surface area contributed by atoms with Crippen LogP contribution in [0.2, 0.25) is 0 Å². The van der Waals surface area contributed by atoms with Gasteiger partial charge in [0.05, 0.1) is 30.0 Å². The van der Waals surface area contributed by atoms with Crippen molar-refractivity contribution in [2.75, 3.05) is 12.4 Å². The minimum Gasteiger partial charge on any atom is -0.494 e. The number of benzene rings is 2. The maximum absolute atomic E-state index is 15.0. The fraction of sp³-hybridized carbons (Fsp3) is 0.286. The molecule has 0 saturated carbocycles. The van der Waals surface area contributed by atoms with Gasteiger partial charge in [0, 0.05) is 23.0 Å². The second-order valence-electron chi connectivity index (χ2n) is 9.10. The van der Waals surface area contributed by atoms with Crippen molar-refractivity contribution in [2.45, 2.75) is 39.9 Å². The van der Waals surface area contributed by atoms with Crippen LogP contribution >= 0.6 is 0 Å². The summed E-state index contributed by atoms with van der Waals surface area (Å²) in [5.74, 6) is -3.86. The van der Waals surface area contributed by atoms with Crippen molar-refractivity contribution in [3.05, 3.63) is 88.5 Å². The molecular weight excluding hydrogens is 524 g/mol. The van der Waals surface area contributed by atoms with Gasteiger partial charge in [-0.15, -0.1) is 0 Å². The maximum Gasteiger partial charge on any atom is 0.416 e. The number of alkyl halides is 3. The first-order chi connectivity index (χ1) is 18.2. The fourth-order valence-corrected chi connectivity index (χ4v) is 4.16. The van der Waals surface area contributed by atoms with Gasteiger partial charge in [0.15, 0.2) is 5.82 Å². The lowest BCUT2D eigenvalue weighted by atomic mass is 9.99. The number of amides is 1. The molecule has 0 aliphatic heterocycles. The minimum absolute atomic E-state index is 0.0479. The SMILES string of the molecule is COc1cc(F)c(C(C)N/C(C)=C(/C(=O)Nc2cccc(C(F)(F)F)c2)C(C)C)nc1-c1c(F)cccc1F. The van der Waals surface area contributed by atoms with Gasteiger partial charge in [-0.25, -0.2) is 18.2 Å². The Hall–Kier alpha value is -4.02. The van der Waals surface area contributed by atoms with E-state index in [1.807, 2.05) is 0 Å². The quantitative estimate of drug-likeness (QED) is 0.226. The molecule has 2 N–H and O–H groups in total. The molecule has 3 rings (SSSR count). The highest BCUT2D eigenvalue weighted by Gasteiger charge is 2.31. The van der Waals surface area contributed by atoms with Crippen molar-refractivity contribution >= 4 is 11.6 Å². The van der Waals surface area contributed by atoms with E-state index in [9.17, 15) is 26.7 Å². The van der Waals surface area contributed by atoms with Crippen LogP contribution in [0.5, 0.6) is 5.75 Å². The number of methoxy groups -OCH3 is 1. The number of nitrogens with zero attached hydrogens (tertiary/aromatic N) is 1. The van der Waals surface area contributed by atoms with Gasteiger partial charge in [0.1, 0.15) is 23.1 Å². The Balaban J connectivity index is 1.96. The van der Waals surface area contributed by atoms with E-state index in [0.717, 1.165) is 30.3 Å². The van der Waals surface area contributed by atoms with E-state index in [2.05, 4.69) is 15.6 Å². The molecule has 3 aromatic rings. The standard InChI is InChI=1S/C28H27F6N3O2/c1-14(2)23(27(38)36-18-9-6-8-17(12-18)28(32,33)34)15(3)35-16(4)25-21(31)13-22(39-5)26(37-25)24-19(29)10-7-11-20(24)30/h6-14,16,35H,1-5H3,(H,36,38)/b23-15+. The molecule has 0 saturated heterocycles. The molecule has 1 amide bonds. The number of rotatable bonds is 8. The third kappa shape index (κ3) is 6.71. The first-order valence-corrected chi connectivity index (χ1v) is 11.9. The van der Waals surface area contributed by atoms with E-state index in [1.165, 1.54) is 32.2 Å². The number of allylic oxidation sites excluding steroid dienone is 1. The topological polar surface area (TPSA) is 63.2 Å². The average molecular weight is 552 g/mol. The van der Waals surface area contributed by atoms with Gasteiger partial charge in [-0.2, -0.15) is 13.2 Å². The predicted octanol–water partition coefficient (Wildman–Crippen LogP) is 7.41. The van der Waals surface area contributed by atoms with E-state index in [1.54, 1.807) is 20.8 Å². The number of ether oxygens (including phenoxy) is 1. The zero-order valence-corrected chi connectivity index (χ0v) is 21.8. The van der Waals surface area contributed by atoms with Gasteiger partial charge < -0.3 is 15.4 Å². The summed E-state index contributed by atoms with van der Waals surface area (Å²) in [4.78, 5) is 17.2. The number of hydrogen-bond donors (Lipinski definition) is 2. The number of hydrogen-bond acceptors (Lipinski definition) is 4. The molecule has 11 heteroatoms. The zero-order chi connectivity index (χ0) is 29.1. The minimum atomic E-state index is -4.58. The van der Waals surface area contributed by atoms with Gasteiger partial charge in [0.2, 0.25) is 0 Å². The summed E-state index contributed by atoms with van der Waals surface area (Å²) in [5.41, 5.74) is -1.39. The Labute approximate surface area is 221 Å². The second kappa shape index (κ2) is 11.8. The smallest absolute Gasteiger partial charge is 0.416 e. The molecule has 0 aliphatic rings. The lowest BCUT2D eigenvalue weighted by Crippen LogP contribution is -2.26. The number of carbonyl (C=O) groups is 1. The highest BCUT2D eigenvalue weighted by atomic mass is 19.4. The summed E-state index contributed by atoms with van der Waals surface area (Å²) >= 11 is 0. The summed E-state index contributed by atoms with van der Waals surface area (Å²) in [7, 11) is 1.21. The van der Waals surface area contributed by atoms with Crippen LogP contribution < -0.4 is 15.4 Å². The Morgan fingerprint density at radius 1 is 0.949 bits per heavy atom. The Kier molecular flexibility index (Phi) is 8.93. The van der Waals surface area contributed by atoms with Crippen molar-refractivity contribution in [3.63, 3.8) is 0 Å². The van der Waals surface area contributed by atoms with Crippen LogP contribution in [0, 0.1) is 23.4 Å².